The summed E-state index contributed by atoms with van der Waals surface area (Å²) in [5.41, 5.74) is 3.46. The van der Waals surface area contributed by atoms with Gasteiger partial charge in [0.1, 0.15) is 5.70 Å². The van der Waals surface area contributed by atoms with Gasteiger partial charge >= 0.3 is 0 Å². The average Bonchev–Trinajstić information content (AvgIpc) is 3.27. The van der Waals surface area contributed by atoms with Gasteiger partial charge in [-0.2, -0.15) is 0 Å². The molecule has 4 amide bonds. The largest absolute Gasteiger partial charge is 0.321 e. The first kappa shape index (κ1) is 29.3. The monoisotopic (exact) mass is 687 g/mol. The third-order valence-electron chi connectivity index (χ3n) is 6.50. The van der Waals surface area contributed by atoms with Crippen molar-refractivity contribution in [1.29, 1.82) is 0 Å². The van der Waals surface area contributed by atoms with Crippen LogP contribution in [0.3, 0.4) is 0 Å². The van der Waals surface area contributed by atoms with Crippen LogP contribution >= 0.6 is 34.4 Å². The van der Waals surface area contributed by atoms with Crippen molar-refractivity contribution in [3.8, 4) is 0 Å². The van der Waals surface area contributed by atoms with Crippen molar-refractivity contribution < 1.29 is 19.2 Å². The molecule has 1 aliphatic rings. The minimum Gasteiger partial charge on any atom is -0.321 e. The molecular formula is C33H26IN3O4S. The van der Waals surface area contributed by atoms with Crippen molar-refractivity contribution in [3.63, 3.8) is 0 Å². The quantitative estimate of drug-likeness (QED) is 0.127. The third kappa shape index (κ3) is 7.15. The number of anilines is 2. The molecule has 0 aliphatic carbocycles. The maximum Gasteiger partial charge on any atom is 0.272 e. The Morgan fingerprint density at radius 3 is 2.21 bits per heavy atom. The maximum absolute atomic E-state index is 13.3. The first-order valence-electron chi connectivity index (χ1n) is 13.1. The first-order valence-corrected chi connectivity index (χ1v) is 15.1. The standard InChI is InChI=1S/C33H26IN3O4S/c1-21-7-9-22(10-8-21)19-28(36-31(39)23-5-3-2-4-6-23)32(40)35-25-13-17-27(18-14-25)42-29-20-30(38)37(33(29)41)26-15-11-24(34)12-16-26/h2-19,29H,20H2,1H3,(H,35,40)(H,36,39)/b28-19-. The number of nitrogens with zero attached hydrogens (tertiary/aromatic N) is 1. The molecule has 0 spiro atoms. The molecule has 42 heavy (non-hydrogen) atoms. The van der Waals surface area contributed by atoms with E-state index >= 15 is 0 Å². The smallest absolute Gasteiger partial charge is 0.272 e. The van der Waals surface area contributed by atoms with Crippen LogP contribution in [0.25, 0.3) is 6.08 Å². The number of rotatable bonds is 8. The second-order valence-corrected chi connectivity index (χ2v) is 12.1. The molecule has 1 fully saturated rings. The van der Waals surface area contributed by atoms with Crippen molar-refractivity contribution in [2.24, 2.45) is 0 Å². The topological polar surface area (TPSA) is 95.6 Å². The van der Waals surface area contributed by atoms with Gasteiger partial charge in [0.2, 0.25) is 11.8 Å². The van der Waals surface area contributed by atoms with E-state index in [1.165, 1.54) is 16.7 Å². The lowest BCUT2D eigenvalue weighted by molar-refractivity contribution is -0.121. The number of thioether (sulfide) groups is 1. The second-order valence-electron chi connectivity index (χ2n) is 9.62. The Morgan fingerprint density at radius 2 is 1.55 bits per heavy atom. The molecule has 0 saturated carbocycles. The van der Waals surface area contributed by atoms with Gasteiger partial charge in [-0.3, -0.25) is 19.2 Å². The van der Waals surface area contributed by atoms with E-state index in [1.807, 2.05) is 49.4 Å². The molecule has 2 N–H and O–H groups in total. The number of hydrogen-bond acceptors (Lipinski definition) is 5. The number of nitrogens with one attached hydrogen (secondary N) is 2. The Hall–Kier alpha value is -4.22. The number of amides is 4. The van der Waals surface area contributed by atoms with Crippen LogP contribution in [0.2, 0.25) is 0 Å². The Balaban J connectivity index is 1.27. The van der Waals surface area contributed by atoms with Gasteiger partial charge < -0.3 is 10.6 Å². The number of imide groups is 1. The van der Waals surface area contributed by atoms with Gasteiger partial charge in [-0.05, 0) is 102 Å². The van der Waals surface area contributed by atoms with Crippen molar-refractivity contribution in [2.75, 3.05) is 10.2 Å². The lowest BCUT2D eigenvalue weighted by Gasteiger charge is -2.15. The van der Waals surface area contributed by atoms with Gasteiger partial charge in [0.25, 0.3) is 11.8 Å². The van der Waals surface area contributed by atoms with Crippen molar-refractivity contribution in [1.82, 2.24) is 5.32 Å². The zero-order valence-corrected chi connectivity index (χ0v) is 25.5. The molecule has 1 heterocycles. The zero-order valence-electron chi connectivity index (χ0n) is 22.5. The van der Waals surface area contributed by atoms with E-state index in [9.17, 15) is 19.2 Å². The van der Waals surface area contributed by atoms with E-state index in [2.05, 4.69) is 33.2 Å². The van der Waals surface area contributed by atoms with E-state index in [1.54, 1.807) is 66.7 Å². The van der Waals surface area contributed by atoms with Crippen LogP contribution in [0, 0.1) is 10.5 Å². The van der Waals surface area contributed by atoms with E-state index in [0.29, 0.717) is 16.9 Å². The van der Waals surface area contributed by atoms with E-state index in [-0.39, 0.29) is 23.9 Å². The number of carbonyl (C=O) groups excluding carboxylic acids is 4. The molecule has 1 saturated heterocycles. The van der Waals surface area contributed by atoms with Gasteiger partial charge in [-0.15, -0.1) is 11.8 Å². The molecule has 0 aromatic heterocycles. The average molecular weight is 688 g/mol. The number of halogens is 1. The molecule has 0 bridgehead atoms. The minimum absolute atomic E-state index is 0.0944. The number of hydrogen-bond donors (Lipinski definition) is 2. The van der Waals surface area contributed by atoms with Crippen LogP contribution in [-0.2, 0) is 14.4 Å². The van der Waals surface area contributed by atoms with Crippen molar-refractivity contribution >= 4 is 75.4 Å². The summed E-state index contributed by atoms with van der Waals surface area (Å²) in [6.45, 7) is 1.97. The summed E-state index contributed by atoms with van der Waals surface area (Å²) in [5.74, 6) is -1.35. The number of carbonyl (C=O) groups is 4. The van der Waals surface area contributed by atoms with Gasteiger partial charge in [0, 0.05) is 26.1 Å². The van der Waals surface area contributed by atoms with Gasteiger partial charge in [-0.25, -0.2) is 4.90 Å². The highest BCUT2D eigenvalue weighted by molar-refractivity contribution is 14.1. The van der Waals surface area contributed by atoms with Crippen molar-refractivity contribution in [2.45, 2.75) is 23.5 Å². The fourth-order valence-electron chi connectivity index (χ4n) is 4.31. The minimum atomic E-state index is -0.533. The molecule has 1 unspecified atom stereocenters. The second kappa shape index (κ2) is 13.2. The SMILES string of the molecule is Cc1ccc(/C=C(\NC(=O)c2ccccc2)C(=O)Nc2ccc(SC3CC(=O)N(c4ccc(I)cc4)C3=O)cc2)cc1. The Morgan fingerprint density at radius 1 is 0.881 bits per heavy atom. The van der Waals surface area contributed by atoms with E-state index in [0.717, 1.165) is 19.6 Å². The van der Waals surface area contributed by atoms with Gasteiger partial charge in [0.05, 0.1) is 10.9 Å². The molecular weight excluding hydrogens is 661 g/mol. The Kier molecular flexibility index (Phi) is 9.19. The third-order valence-corrected chi connectivity index (χ3v) is 8.41. The van der Waals surface area contributed by atoms with Crippen LogP contribution < -0.4 is 15.5 Å². The zero-order chi connectivity index (χ0) is 29.6. The summed E-state index contributed by atoms with van der Waals surface area (Å²) >= 11 is 3.49. The van der Waals surface area contributed by atoms with E-state index in [4.69, 9.17) is 0 Å². The molecule has 7 nitrogen and oxygen atoms in total. The molecule has 1 aliphatic heterocycles. The highest BCUT2D eigenvalue weighted by Gasteiger charge is 2.40. The lowest BCUT2D eigenvalue weighted by Crippen LogP contribution is -2.31. The van der Waals surface area contributed by atoms with Crippen molar-refractivity contribution in [3.05, 3.63) is 129 Å². The normalized spacial score (nSPS) is 15.0. The molecule has 1 atom stereocenters. The van der Waals surface area contributed by atoms with Crippen LogP contribution in [0.1, 0.15) is 27.9 Å². The maximum atomic E-state index is 13.3. The van der Waals surface area contributed by atoms with E-state index < -0.39 is 17.1 Å². The fourth-order valence-corrected chi connectivity index (χ4v) is 5.72. The van der Waals surface area contributed by atoms with Crippen LogP contribution in [0.15, 0.2) is 114 Å². The summed E-state index contributed by atoms with van der Waals surface area (Å²) in [6.07, 6.45) is 1.74. The molecule has 9 heteroatoms. The number of benzene rings is 4. The Bertz CT molecular complexity index is 1650. The summed E-state index contributed by atoms with van der Waals surface area (Å²) in [5, 5.41) is 5.04. The predicted octanol–water partition coefficient (Wildman–Crippen LogP) is 6.43. The molecule has 0 radical (unpaired) electrons. The Labute approximate surface area is 261 Å². The molecule has 4 aromatic rings. The molecule has 4 aromatic carbocycles. The highest BCUT2D eigenvalue weighted by Crippen LogP contribution is 2.34. The highest BCUT2D eigenvalue weighted by atomic mass is 127. The summed E-state index contributed by atoms with van der Waals surface area (Å²) < 4.78 is 1.02. The summed E-state index contributed by atoms with van der Waals surface area (Å²) in [7, 11) is 0. The van der Waals surface area contributed by atoms with Crippen LogP contribution in [0.5, 0.6) is 0 Å². The fraction of sp³-hybridized carbons (Fsp3) is 0.0909. The summed E-state index contributed by atoms with van der Waals surface area (Å²) in [6, 6.07) is 30.6. The predicted molar refractivity (Wildman–Crippen MR) is 174 cm³/mol. The van der Waals surface area contributed by atoms with Crippen LogP contribution in [-0.4, -0.2) is 28.9 Å². The van der Waals surface area contributed by atoms with Gasteiger partial charge in [-0.1, -0.05) is 48.0 Å². The molecule has 5 rings (SSSR count). The summed E-state index contributed by atoms with van der Waals surface area (Å²) in [4.78, 5) is 53.9. The lowest BCUT2D eigenvalue weighted by atomic mass is 10.1. The van der Waals surface area contributed by atoms with Crippen LogP contribution in [0.4, 0.5) is 11.4 Å². The molecule has 210 valence electrons. The first-order chi connectivity index (χ1) is 20.3. The van der Waals surface area contributed by atoms with Gasteiger partial charge in [0.15, 0.2) is 0 Å². The number of aryl methyl sites for hydroxylation is 1.